The van der Waals surface area contributed by atoms with Gasteiger partial charge in [-0.2, -0.15) is 0 Å². The van der Waals surface area contributed by atoms with Crippen LogP contribution < -0.4 is 10.4 Å². The zero-order chi connectivity index (χ0) is 32.2. The van der Waals surface area contributed by atoms with Crippen molar-refractivity contribution in [2.24, 2.45) is 0 Å². The summed E-state index contributed by atoms with van der Waals surface area (Å²) < 4.78 is 15.4. The largest absolute Gasteiger partial charge is 0.410 e. The Morgan fingerprint density at radius 3 is 1.41 bits per heavy atom. The molecule has 5 atom stereocenters. The third-order valence-electron chi connectivity index (χ3n) is 12.3. The molecule has 7 heteroatoms. The topological polar surface area (TPSA) is 21.7 Å². The van der Waals surface area contributed by atoms with E-state index in [-0.39, 0.29) is 12.2 Å². The molecule has 0 aliphatic carbocycles. The lowest BCUT2D eigenvalue weighted by Gasteiger charge is -2.42. The zero-order valence-electron chi connectivity index (χ0n) is 30.0. The summed E-state index contributed by atoms with van der Waals surface area (Å²) in [6, 6.07) is 34.3. The number of rotatable bonds is 16. The van der Waals surface area contributed by atoms with Crippen LogP contribution in [0, 0.1) is 0 Å². The van der Waals surface area contributed by atoms with Gasteiger partial charge in [-0.25, -0.2) is 0 Å². The third-order valence-corrected chi connectivity index (χ3v) is 28.3. The molecule has 2 saturated heterocycles. The molecule has 3 nitrogen and oxygen atoms in total. The molecule has 44 heavy (non-hydrogen) atoms. The van der Waals surface area contributed by atoms with Crippen molar-refractivity contribution in [3.8, 4) is 0 Å². The normalized spacial score (nSPS) is 25.0. The van der Waals surface area contributed by atoms with Gasteiger partial charge in [0, 0.05) is 18.1 Å². The molecule has 2 aromatic carbocycles. The van der Waals surface area contributed by atoms with Crippen molar-refractivity contribution in [1.29, 1.82) is 0 Å². The summed E-state index contributed by atoms with van der Waals surface area (Å²) in [5.41, 5.74) is 0. The van der Waals surface area contributed by atoms with Crippen LogP contribution in [0.2, 0.25) is 74.5 Å². The minimum absolute atomic E-state index is 0.197. The summed E-state index contributed by atoms with van der Waals surface area (Å²) in [7, 11) is -7.08. The van der Waals surface area contributed by atoms with E-state index in [0.29, 0.717) is 18.1 Å². The SMILES string of the molecule is CC[Si](CC)(CC)O[C@@H]1[C@H](O[Si](CC)(CC)CC)[C@@H](C[Si](C)(C)c2ccccc2)N2[C@@H](C[Si](C)(C)c3ccccc3)CC[C@H]12. The number of benzene rings is 2. The molecule has 2 aromatic rings. The molecule has 0 spiro atoms. The molecule has 2 heterocycles. The molecule has 0 saturated carbocycles. The fourth-order valence-corrected chi connectivity index (χ4v) is 20.3. The summed E-state index contributed by atoms with van der Waals surface area (Å²) in [5.74, 6) is 0. The van der Waals surface area contributed by atoms with Crippen molar-refractivity contribution in [2.75, 3.05) is 0 Å². The van der Waals surface area contributed by atoms with Crippen LogP contribution in [0.3, 0.4) is 0 Å². The van der Waals surface area contributed by atoms with Crippen molar-refractivity contribution < 1.29 is 8.85 Å². The minimum atomic E-state index is -1.86. The molecule has 2 aliphatic heterocycles. The van der Waals surface area contributed by atoms with Crippen LogP contribution in [0.15, 0.2) is 60.7 Å². The average molecular weight is 668 g/mol. The molecule has 2 aliphatic rings. The molecule has 0 unspecified atom stereocenters. The van der Waals surface area contributed by atoms with Gasteiger partial charge >= 0.3 is 0 Å². The highest BCUT2D eigenvalue weighted by molar-refractivity contribution is 6.90. The smallest absolute Gasteiger partial charge is 0.192 e. The van der Waals surface area contributed by atoms with Gasteiger partial charge in [0.25, 0.3) is 0 Å². The van der Waals surface area contributed by atoms with Crippen molar-refractivity contribution in [2.45, 2.75) is 159 Å². The lowest BCUT2D eigenvalue weighted by molar-refractivity contribution is 0.0467. The number of nitrogens with zero attached hydrogens (tertiary/aromatic N) is 1. The first-order chi connectivity index (χ1) is 20.9. The minimum Gasteiger partial charge on any atom is -0.410 e. The van der Waals surface area contributed by atoms with E-state index in [4.69, 9.17) is 8.85 Å². The fraction of sp³-hybridized carbons (Fsp3) is 0.676. The summed E-state index contributed by atoms with van der Waals surface area (Å²) in [5, 5.41) is 3.18. The van der Waals surface area contributed by atoms with Gasteiger partial charge in [-0.3, -0.25) is 4.90 Å². The summed E-state index contributed by atoms with van der Waals surface area (Å²) in [6.07, 6.45) is 2.98. The third kappa shape index (κ3) is 7.50. The van der Waals surface area contributed by atoms with Crippen LogP contribution in [-0.2, 0) is 8.85 Å². The van der Waals surface area contributed by atoms with Gasteiger partial charge < -0.3 is 8.85 Å². The summed E-state index contributed by atoms with van der Waals surface area (Å²) in [6.45, 7) is 24.9. The van der Waals surface area contributed by atoms with Gasteiger partial charge in [0.1, 0.15) is 0 Å². The van der Waals surface area contributed by atoms with Crippen molar-refractivity contribution in [1.82, 2.24) is 4.90 Å². The second kappa shape index (κ2) is 15.0. The van der Waals surface area contributed by atoms with E-state index in [1.807, 2.05) is 0 Å². The molecular weight excluding hydrogens is 603 g/mol. The zero-order valence-corrected chi connectivity index (χ0v) is 34.0. The number of hydrogen-bond acceptors (Lipinski definition) is 3. The average Bonchev–Trinajstić information content (AvgIpc) is 3.57. The Labute approximate surface area is 275 Å². The van der Waals surface area contributed by atoms with E-state index in [9.17, 15) is 0 Å². The molecular formula is C37H65NO2Si4. The Morgan fingerprint density at radius 2 is 0.977 bits per heavy atom. The van der Waals surface area contributed by atoms with Gasteiger partial charge in [0.2, 0.25) is 0 Å². The molecule has 2 fully saturated rings. The molecule has 246 valence electrons. The quantitative estimate of drug-likeness (QED) is 0.167. The standard InChI is InChI=1S/C37H65NO2Si4/c1-11-43(12-2,13-3)39-36-34-28-27-31(29-41(7,8)32-23-19-17-20-24-32)38(34)35(37(36)40-44(14-4,15-5)16-6)30-42(9,10)33-25-21-18-22-26-33/h17-26,31,34-37H,11-16,27-30H2,1-10H3/t31-,34-,35-,36+,37-/m1/s1. The predicted octanol–water partition coefficient (Wildman–Crippen LogP) is 9.21. The first kappa shape index (κ1) is 36.0. The van der Waals surface area contributed by atoms with Gasteiger partial charge in [-0.1, -0.05) is 139 Å². The highest BCUT2D eigenvalue weighted by Gasteiger charge is 2.59. The van der Waals surface area contributed by atoms with Crippen molar-refractivity contribution in [3.05, 3.63) is 60.7 Å². The monoisotopic (exact) mass is 667 g/mol. The molecule has 0 amide bonds. The Balaban J connectivity index is 1.81. The van der Waals surface area contributed by atoms with Gasteiger partial charge in [0.05, 0.1) is 28.4 Å². The van der Waals surface area contributed by atoms with E-state index in [1.165, 1.54) is 61.2 Å². The lowest BCUT2D eigenvalue weighted by atomic mass is 10.0. The number of hydrogen-bond donors (Lipinski definition) is 0. The first-order valence-corrected chi connectivity index (χ1v) is 29.7. The van der Waals surface area contributed by atoms with Crippen LogP contribution in [-0.4, -0.2) is 68.0 Å². The second-order valence-corrected chi connectivity index (χ2v) is 34.3. The van der Waals surface area contributed by atoms with Crippen LogP contribution in [0.25, 0.3) is 0 Å². The Morgan fingerprint density at radius 1 is 0.568 bits per heavy atom. The highest BCUT2D eigenvalue weighted by atomic mass is 28.4. The maximum atomic E-state index is 7.76. The predicted molar refractivity (Wildman–Crippen MR) is 203 cm³/mol. The Bertz CT molecular complexity index is 1140. The van der Waals surface area contributed by atoms with Crippen LogP contribution in [0.1, 0.15) is 54.4 Å². The molecule has 4 rings (SSSR count). The van der Waals surface area contributed by atoms with Gasteiger partial charge in [0.15, 0.2) is 16.6 Å². The molecule has 0 bridgehead atoms. The second-order valence-electron chi connectivity index (χ2n) is 15.4. The van der Waals surface area contributed by atoms with Crippen LogP contribution in [0.5, 0.6) is 0 Å². The van der Waals surface area contributed by atoms with E-state index < -0.39 is 32.8 Å². The van der Waals surface area contributed by atoms with Crippen molar-refractivity contribution >= 4 is 43.2 Å². The van der Waals surface area contributed by atoms with E-state index in [1.54, 1.807) is 10.4 Å². The summed E-state index contributed by atoms with van der Waals surface area (Å²) >= 11 is 0. The van der Waals surface area contributed by atoms with Crippen LogP contribution >= 0.6 is 0 Å². The molecule has 0 N–H and O–H groups in total. The van der Waals surface area contributed by atoms with Gasteiger partial charge in [-0.05, 0) is 61.2 Å². The van der Waals surface area contributed by atoms with E-state index >= 15 is 0 Å². The Hall–Kier alpha value is -0.812. The van der Waals surface area contributed by atoms with E-state index in [0.717, 1.165) is 0 Å². The van der Waals surface area contributed by atoms with E-state index in [2.05, 4.69) is 133 Å². The Kier molecular flexibility index (Phi) is 12.2. The van der Waals surface area contributed by atoms with Crippen LogP contribution in [0.4, 0.5) is 0 Å². The first-order valence-electron chi connectivity index (χ1n) is 18.2. The molecule has 0 radical (unpaired) electrons. The fourth-order valence-electron chi connectivity index (χ4n) is 8.81. The highest BCUT2D eigenvalue weighted by Crippen LogP contribution is 2.47. The maximum absolute atomic E-state index is 7.76. The summed E-state index contributed by atoms with van der Waals surface area (Å²) in [4.78, 5) is 3.06. The van der Waals surface area contributed by atoms with Crippen molar-refractivity contribution in [3.63, 3.8) is 0 Å². The molecule has 0 aromatic heterocycles. The maximum Gasteiger partial charge on any atom is 0.192 e. The lowest BCUT2D eigenvalue weighted by Crippen LogP contribution is -2.55. The van der Waals surface area contributed by atoms with Gasteiger partial charge in [-0.15, -0.1) is 0 Å². The number of fused-ring (bicyclic) bond motifs is 1.